The lowest BCUT2D eigenvalue weighted by molar-refractivity contribution is 0.0356. The maximum atomic E-state index is 11.0. The molecule has 0 saturated heterocycles. The molecule has 0 spiro atoms. The van der Waals surface area contributed by atoms with E-state index < -0.39 is 5.60 Å². The zero-order valence-electron chi connectivity index (χ0n) is 12.1. The van der Waals surface area contributed by atoms with Crippen LogP contribution in [0.2, 0.25) is 0 Å². The van der Waals surface area contributed by atoms with Crippen LogP contribution in [0.5, 0.6) is 0 Å². The molecule has 0 saturated carbocycles. The molecule has 1 aromatic heterocycles. The van der Waals surface area contributed by atoms with Gasteiger partial charge in [-0.05, 0) is 29.9 Å². The van der Waals surface area contributed by atoms with Gasteiger partial charge in [0.05, 0.1) is 5.60 Å². The Morgan fingerprint density at radius 2 is 2.15 bits per heavy atom. The van der Waals surface area contributed by atoms with Crippen molar-refractivity contribution in [3.05, 3.63) is 47.5 Å². The molecule has 0 aliphatic heterocycles. The van der Waals surface area contributed by atoms with E-state index in [1.807, 2.05) is 22.9 Å². The Morgan fingerprint density at radius 1 is 1.35 bits per heavy atom. The molecule has 0 bridgehead atoms. The van der Waals surface area contributed by atoms with Crippen LogP contribution in [0.1, 0.15) is 37.2 Å². The molecule has 4 nitrogen and oxygen atoms in total. The maximum absolute atomic E-state index is 11.0. The number of hydrogen-bond acceptors (Lipinski definition) is 3. The van der Waals surface area contributed by atoms with Gasteiger partial charge in [0.1, 0.15) is 12.2 Å². The third-order valence-corrected chi connectivity index (χ3v) is 4.01. The summed E-state index contributed by atoms with van der Waals surface area (Å²) in [5.74, 6) is 1.39. The molecule has 20 heavy (non-hydrogen) atoms. The van der Waals surface area contributed by atoms with Gasteiger partial charge >= 0.3 is 0 Å². The third kappa shape index (κ3) is 2.36. The SMILES string of the molecule is CC(C)Cn1ncnc1CC1(O)CCc2ccccc21. The van der Waals surface area contributed by atoms with Crippen LogP contribution in [-0.2, 0) is 25.0 Å². The normalized spacial score (nSPS) is 21.4. The van der Waals surface area contributed by atoms with E-state index in [1.165, 1.54) is 5.56 Å². The van der Waals surface area contributed by atoms with Crippen LogP contribution in [0.25, 0.3) is 0 Å². The molecule has 0 radical (unpaired) electrons. The largest absolute Gasteiger partial charge is 0.385 e. The van der Waals surface area contributed by atoms with Gasteiger partial charge in [0.25, 0.3) is 0 Å². The molecule has 3 rings (SSSR count). The number of aromatic nitrogens is 3. The summed E-state index contributed by atoms with van der Waals surface area (Å²) in [5.41, 5.74) is 1.52. The highest BCUT2D eigenvalue weighted by Gasteiger charge is 2.37. The average Bonchev–Trinajstić information content (AvgIpc) is 2.96. The quantitative estimate of drug-likeness (QED) is 0.928. The van der Waals surface area contributed by atoms with Crippen LogP contribution in [0, 0.1) is 5.92 Å². The predicted molar refractivity (Wildman–Crippen MR) is 77.2 cm³/mol. The molecule has 1 aliphatic rings. The fourth-order valence-corrected chi connectivity index (χ4v) is 3.04. The zero-order valence-corrected chi connectivity index (χ0v) is 12.1. The van der Waals surface area contributed by atoms with Crippen LogP contribution >= 0.6 is 0 Å². The highest BCUT2D eigenvalue weighted by molar-refractivity contribution is 5.37. The summed E-state index contributed by atoms with van der Waals surface area (Å²) in [6.07, 6.45) is 3.82. The van der Waals surface area contributed by atoms with Gasteiger partial charge in [-0.15, -0.1) is 0 Å². The Kier molecular flexibility index (Phi) is 3.34. The van der Waals surface area contributed by atoms with Gasteiger partial charge in [0.15, 0.2) is 0 Å². The standard InChI is InChI=1S/C16H21N3O/c1-12(2)10-19-15(17-11-18-19)9-16(20)8-7-13-5-3-4-6-14(13)16/h3-6,11-12,20H,7-10H2,1-2H3. The van der Waals surface area contributed by atoms with Gasteiger partial charge in [0.2, 0.25) is 0 Å². The molecule has 2 aromatic rings. The summed E-state index contributed by atoms with van der Waals surface area (Å²) < 4.78 is 1.92. The highest BCUT2D eigenvalue weighted by Crippen LogP contribution is 2.38. The Balaban J connectivity index is 1.87. The smallest absolute Gasteiger partial charge is 0.138 e. The topological polar surface area (TPSA) is 50.9 Å². The summed E-state index contributed by atoms with van der Waals surface area (Å²) in [6.45, 7) is 5.16. The fraction of sp³-hybridized carbons (Fsp3) is 0.500. The number of rotatable bonds is 4. The molecule has 1 aliphatic carbocycles. The van der Waals surface area contributed by atoms with E-state index >= 15 is 0 Å². The molecule has 1 N–H and O–H groups in total. The minimum absolute atomic E-state index is 0.515. The first-order valence-corrected chi connectivity index (χ1v) is 7.26. The first kappa shape index (κ1) is 13.3. The van der Waals surface area contributed by atoms with Crippen molar-refractivity contribution in [2.24, 2.45) is 5.92 Å². The number of aliphatic hydroxyl groups is 1. The molecule has 106 valence electrons. The van der Waals surface area contributed by atoms with Crippen LogP contribution in [-0.4, -0.2) is 19.9 Å². The lowest BCUT2D eigenvalue weighted by Crippen LogP contribution is -2.27. The Morgan fingerprint density at radius 3 is 2.95 bits per heavy atom. The van der Waals surface area contributed by atoms with E-state index in [0.29, 0.717) is 12.3 Å². The number of benzene rings is 1. The van der Waals surface area contributed by atoms with E-state index in [4.69, 9.17) is 0 Å². The number of fused-ring (bicyclic) bond motifs is 1. The van der Waals surface area contributed by atoms with E-state index in [9.17, 15) is 5.11 Å². The monoisotopic (exact) mass is 271 g/mol. The second-order valence-electron chi connectivity index (χ2n) is 6.12. The van der Waals surface area contributed by atoms with Crippen LogP contribution < -0.4 is 0 Å². The molecule has 0 amide bonds. The molecule has 4 heteroatoms. The van der Waals surface area contributed by atoms with Gasteiger partial charge in [-0.3, -0.25) is 0 Å². The van der Waals surface area contributed by atoms with Crippen LogP contribution in [0.3, 0.4) is 0 Å². The first-order valence-electron chi connectivity index (χ1n) is 7.26. The molecule has 1 heterocycles. The van der Waals surface area contributed by atoms with Crippen molar-refractivity contribution in [1.29, 1.82) is 0 Å². The van der Waals surface area contributed by atoms with Crippen molar-refractivity contribution < 1.29 is 5.11 Å². The number of aryl methyl sites for hydroxylation is 1. The van der Waals surface area contributed by atoms with E-state index in [2.05, 4.69) is 30.0 Å². The number of hydrogen-bond donors (Lipinski definition) is 1. The van der Waals surface area contributed by atoms with Gasteiger partial charge in [-0.25, -0.2) is 9.67 Å². The predicted octanol–water partition coefficient (Wildman–Crippen LogP) is 2.31. The summed E-state index contributed by atoms with van der Waals surface area (Å²) in [6, 6.07) is 8.16. The second kappa shape index (κ2) is 5.02. The molecule has 1 aromatic carbocycles. The highest BCUT2D eigenvalue weighted by atomic mass is 16.3. The van der Waals surface area contributed by atoms with Gasteiger partial charge in [-0.2, -0.15) is 5.10 Å². The summed E-state index contributed by atoms with van der Waals surface area (Å²) in [4.78, 5) is 4.34. The molecule has 1 atom stereocenters. The van der Waals surface area contributed by atoms with E-state index in [0.717, 1.165) is 30.8 Å². The molecular weight excluding hydrogens is 250 g/mol. The fourth-order valence-electron chi connectivity index (χ4n) is 3.04. The lowest BCUT2D eigenvalue weighted by atomic mass is 9.92. The van der Waals surface area contributed by atoms with Crippen molar-refractivity contribution in [3.8, 4) is 0 Å². The number of nitrogens with zero attached hydrogens (tertiary/aromatic N) is 3. The van der Waals surface area contributed by atoms with E-state index in [-0.39, 0.29) is 0 Å². The average molecular weight is 271 g/mol. The van der Waals surface area contributed by atoms with E-state index in [1.54, 1.807) is 6.33 Å². The van der Waals surface area contributed by atoms with Crippen molar-refractivity contribution in [2.45, 2.75) is 45.3 Å². The lowest BCUT2D eigenvalue weighted by Gasteiger charge is -2.24. The molecule has 0 fully saturated rings. The Bertz CT molecular complexity index is 605. The summed E-state index contributed by atoms with van der Waals surface area (Å²) in [5, 5.41) is 15.3. The summed E-state index contributed by atoms with van der Waals surface area (Å²) in [7, 11) is 0. The summed E-state index contributed by atoms with van der Waals surface area (Å²) >= 11 is 0. The molecule has 1 unspecified atom stereocenters. The minimum atomic E-state index is -0.793. The second-order valence-corrected chi connectivity index (χ2v) is 6.12. The van der Waals surface area contributed by atoms with Gasteiger partial charge in [0, 0.05) is 13.0 Å². The van der Waals surface area contributed by atoms with Crippen molar-refractivity contribution in [3.63, 3.8) is 0 Å². The zero-order chi connectivity index (χ0) is 14.2. The van der Waals surface area contributed by atoms with Gasteiger partial charge < -0.3 is 5.11 Å². The Hall–Kier alpha value is -1.68. The van der Waals surface area contributed by atoms with Gasteiger partial charge in [-0.1, -0.05) is 38.1 Å². The Labute approximate surface area is 119 Å². The van der Waals surface area contributed by atoms with Crippen LogP contribution in [0.4, 0.5) is 0 Å². The van der Waals surface area contributed by atoms with Crippen molar-refractivity contribution >= 4 is 0 Å². The third-order valence-electron chi connectivity index (χ3n) is 4.01. The van der Waals surface area contributed by atoms with Crippen molar-refractivity contribution in [2.75, 3.05) is 0 Å². The van der Waals surface area contributed by atoms with Crippen molar-refractivity contribution in [1.82, 2.24) is 14.8 Å². The maximum Gasteiger partial charge on any atom is 0.138 e. The minimum Gasteiger partial charge on any atom is -0.385 e. The first-order chi connectivity index (χ1) is 9.58. The molecular formula is C16H21N3O. The van der Waals surface area contributed by atoms with Crippen LogP contribution in [0.15, 0.2) is 30.6 Å².